The second-order valence-electron chi connectivity index (χ2n) is 3.45. The molecule has 0 aliphatic carbocycles. The fourth-order valence-corrected chi connectivity index (χ4v) is 1.36. The fourth-order valence-electron chi connectivity index (χ4n) is 1.36. The molecule has 0 aliphatic rings. The molecule has 0 spiro atoms. The first-order chi connectivity index (χ1) is 7.36. The van der Waals surface area contributed by atoms with Crippen LogP contribution in [0.2, 0.25) is 0 Å². The van der Waals surface area contributed by atoms with Gasteiger partial charge in [0.25, 0.3) is 0 Å². The number of rotatable bonds is 7. The molecule has 0 atom stereocenters. The summed E-state index contributed by atoms with van der Waals surface area (Å²) in [6.45, 7) is 3.06. The number of nitrogens with one attached hydrogen (secondary N) is 2. The third-order valence-corrected chi connectivity index (χ3v) is 2.30. The average molecular weight is 208 g/mol. The first kappa shape index (κ1) is 12.0. The van der Waals surface area contributed by atoms with Crippen molar-refractivity contribution in [2.75, 3.05) is 33.8 Å². The zero-order valence-corrected chi connectivity index (χ0v) is 9.55. The normalized spacial score (nSPS) is 10.3. The molecule has 0 radical (unpaired) electrons. The lowest BCUT2D eigenvalue weighted by atomic mass is 10.1. The molecular weight excluding hydrogens is 188 g/mol. The maximum atomic E-state index is 5.10. The SMILES string of the molecule is CNCCNCCc1ccc(OC)cc1. The highest BCUT2D eigenvalue weighted by molar-refractivity contribution is 5.27. The minimum Gasteiger partial charge on any atom is -0.497 e. The van der Waals surface area contributed by atoms with Crippen LogP contribution in [0, 0.1) is 0 Å². The number of benzene rings is 1. The van der Waals surface area contributed by atoms with E-state index in [1.54, 1.807) is 7.11 Å². The van der Waals surface area contributed by atoms with Gasteiger partial charge in [0.2, 0.25) is 0 Å². The van der Waals surface area contributed by atoms with E-state index in [1.165, 1.54) is 5.56 Å². The van der Waals surface area contributed by atoms with Gasteiger partial charge in [0, 0.05) is 13.1 Å². The number of hydrogen-bond donors (Lipinski definition) is 2. The quantitative estimate of drug-likeness (QED) is 0.657. The van der Waals surface area contributed by atoms with Crippen molar-refractivity contribution in [1.29, 1.82) is 0 Å². The van der Waals surface area contributed by atoms with Gasteiger partial charge < -0.3 is 15.4 Å². The highest BCUT2D eigenvalue weighted by Gasteiger charge is 1.94. The second-order valence-corrected chi connectivity index (χ2v) is 3.45. The molecule has 0 saturated heterocycles. The van der Waals surface area contributed by atoms with Crippen molar-refractivity contribution in [2.24, 2.45) is 0 Å². The molecule has 0 unspecified atom stereocenters. The summed E-state index contributed by atoms with van der Waals surface area (Å²) in [5.41, 5.74) is 1.34. The summed E-state index contributed by atoms with van der Waals surface area (Å²) in [5.74, 6) is 0.918. The Kier molecular flexibility index (Phi) is 5.81. The highest BCUT2D eigenvalue weighted by atomic mass is 16.5. The Hall–Kier alpha value is -1.06. The lowest BCUT2D eigenvalue weighted by Crippen LogP contribution is -2.26. The van der Waals surface area contributed by atoms with Crippen molar-refractivity contribution < 1.29 is 4.74 Å². The van der Waals surface area contributed by atoms with Crippen molar-refractivity contribution in [1.82, 2.24) is 10.6 Å². The molecule has 3 nitrogen and oxygen atoms in total. The maximum Gasteiger partial charge on any atom is 0.118 e. The summed E-state index contributed by atoms with van der Waals surface area (Å²) >= 11 is 0. The Morgan fingerprint density at radius 3 is 2.40 bits per heavy atom. The second kappa shape index (κ2) is 7.26. The maximum absolute atomic E-state index is 5.10. The highest BCUT2D eigenvalue weighted by Crippen LogP contribution is 2.11. The van der Waals surface area contributed by atoms with Crippen LogP contribution in [-0.4, -0.2) is 33.8 Å². The van der Waals surface area contributed by atoms with Crippen LogP contribution in [0.15, 0.2) is 24.3 Å². The largest absolute Gasteiger partial charge is 0.497 e. The molecule has 0 bridgehead atoms. The predicted molar refractivity (Wildman–Crippen MR) is 63.5 cm³/mol. The summed E-state index contributed by atoms with van der Waals surface area (Å²) < 4.78 is 5.10. The van der Waals surface area contributed by atoms with Gasteiger partial charge in [0.1, 0.15) is 5.75 Å². The van der Waals surface area contributed by atoms with Crippen LogP contribution in [-0.2, 0) is 6.42 Å². The summed E-state index contributed by atoms with van der Waals surface area (Å²) in [7, 11) is 3.65. The van der Waals surface area contributed by atoms with Crippen LogP contribution in [0.25, 0.3) is 0 Å². The third kappa shape index (κ3) is 4.81. The lowest BCUT2D eigenvalue weighted by Gasteiger charge is -2.05. The molecule has 0 aliphatic heterocycles. The van der Waals surface area contributed by atoms with Gasteiger partial charge in [-0.1, -0.05) is 12.1 Å². The van der Waals surface area contributed by atoms with Crippen LogP contribution in [0.1, 0.15) is 5.56 Å². The standard InChI is InChI=1S/C12H20N2O/c1-13-9-10-14-8-7-11-3-5-12(15-2)6-4-11/h3-6,13-14H,7-10H2,1-2H3. The summed E-state index contributed by atoms with van der Waals surface area (Å²) in [6.07, 6.45) is 1.06. The van der Waals surface area contributed by atoms with Crippen LogP contribution in [0.3, 0.4) is 0 Å². The minimum absolute atomic E-state index is 0.918. The molecule has 0 aromatic heterocycles. The Labute approximate surface area is 91.8 Å². The number of likely N-dealkylation sites (N-methyl/N-ethyl adjacent to an activating group) is 1. The van der Waals surface area contributed by atoms with Gasteiger partial charge in [-0.15, -0.1) is 0 Å². The van der Waals surface area contributed by atoms with E-state index < -0.39 is 0 Å². The number of methoxy groups -OCH3 is 1. The van der Waals surface area contributed by atoms with Crippen molar-refractivity contribution in [3.63, 3.8) is 0 Å². The molecule has 0 fully saturated rings. The smallest absolute Gasteiger partial charge is 0.118 e. The molecule has 0 saturated carbocycles. The van der Waals surface area contributed by atoms with Gasteiger partial charge in [-0.2, -0.15) is 0 Å². The monoisotopic (exact) mass is 208 g/mol. The van der Waals surface area contributed by atoms with Gasteiger partial charge in [0.15, 0.2) is 0 Å². The zero-order chi connectivity index (χ0) is 10.9. The molecule has 0 amide bonds. The molecule has 84 valence electrons. The van der Waals surface area contributed by atoms with E-state index in [2.05, 4.69) is 22.8 Å². The summed E-state index contributed by atoms with van der Waals surface area (Å²) in [4.78, 5) is 0. The molecule has 15 heavy (non-hydrogen) atoms. The van der Waals surface area contributed by atoms with E-state index in [-0.39, 0.29) is 0 Å². The van der Waals surface area contributed by atoms with Gasteiger partial charge in [-0.05, 0) is 37.7 Å². The molecule has 1 aromatic rings. The van der Waals surface area contributed by atoms with Crippen LogP contribution < -0.4 is 15.4 Å². The van der Waals surface area contributed by atoms with Crippen molar-refractivity contribution in [2.45, 2.75) is 6.42 Å². The Bertz CT molecular complexity index is 259. The number of hydrogen-bond acceptors (Lipinski definition) is 3. The van der Waals surface area contributed by atoms with Crippen LogP contribution in [0.4, 0.5) is 0 Å². The Morgan fingerprint density at radius 1 is 1.07 bits per heavy atom. The van der Waals surface area contributed by atoms with Crippen molar-refractivity contribution in [3.05, 3.63) is 29.8 Å². The summed E-state index contributed by atoms with van der Waals surface area (Å²) in [6, 6.07) is 8.23. The molecule has 0 heterocycles. The molecule has 3 heteroatoms. The van der Waals surface area contributed by atoms with E-state index in [9.17, 15) is 0 Å². The molecule has 2 N–H and O–H groups in total. The Balaban J connectivity index is 2.20. The van der Waals surface area contributed by atoms with E-state index in [1.807, 2.05) is 19.2 Å². The van der Waals surface area contributed by atoms with Gasteiger partial charge >= 0.3 is 0 Å². The molecule has 1 rings (SSSR count). The van der Waals surface area contributed by atoms with Crippen molar-refractivity contribution >= 4 is 0 Å². The van der Waals surface area contributed by atoms with E-state index in [0.29, 0.717) is 0 Å². The van der Waals surface area contributed by atoms with E-state index >= 15 is 0 Å². The topological polar surface area (TPSA) is 33.3 Å². The predicted octanol–water partition coefficient (Wildman–Crippen LogP) is 1.05. The molecular formula is C12H20N2O. The van der Waals surface area contributed by atoms with E-state index in [4.69, 9.17) is 4.74 Å². The van der Waals surface area contributed by atoms with Gasteiger partial charge in [0.05, 0.1) is 7.11 Å². The fraction of sp³-hybridized carbons (Fsp3) is 0.500. The summed E-state index contributed by atoms with van der Waals surface area (Å²) in [5, 5.41) is 6.47. The average Bonchev–Trinajstić information content (AvgIpc) is 2.30. The molecule has 1 aromatic carbocycles. The van der Waals surface area contributed by atoms with Gasteiger partial charge in [-0.3, -0.25) is 0 Å². The Morgan fingerprint density at radius 2 is 1.80 bits per heavy atom. The third-order valence-electron chi connectivity index (χ3n) is 2.30. The first-order valence-electron chi connectivity index (χ1n) is 5.35. The van der Waals surface area contributed by atoms with E-state index in [0.717, 1.165) is 31.8 Å². The number of ether oxygens (including phenoxy) is 1. The lowest BCUT2D eigenvalue weighted by molar-refractivity contribution is 0.414. The minimum atomic E-state index is 0.918. The van der Waals surface area contributed by atoms with Crippen molar-refractivity contribution in [3.8, 4) is 5.75 Å². The van der Waals surface area contributed by atoms with Gasteiger partial charge in [-0.25, -0.2) is 0 Å². The zero-order valence-electron chi connectivity index (χ0n) is 9.55. The van der Waals surface area contributed by atoms with Crippen LogP contribution >= 0.6 is 0 Å². The van der Waals surface area contributed by atoms with Crippen LogP contribution in [0.5, 0.6) is 5.75 Å². The first-order valence-corrected chi connectivity index (χ1v) is 5.35.